The van der Waals surface area contributed by atoms with Gasteiger partial charge in [0.25, 0.3) is 5.91 Å². The van der Waals surface area contributed by atoms with Crippen LogP contribution in [0.15, 0.2) is 18.2 Å². The standard InChI is InChI=1S/C14H19FN2O/c1-10-4-5-12(15)7-13(10)14(18)17-6-2-3-11(8-16)9-17/h4-5,7,11H,2-3,6,8-9,16H2,1H3. The molecule has 0 spiro atoms. The molecule has 2 N–H and O–H groups in total. The van der Waals surface area contributed by atoms with Gasteiger partial charge in [0.15, 0.2) is 0 Å². The molecular formula is C14H19FN2O. The minimum atomic E-state index is -0.365. The van der Waals surface area contributed by atoms with Crippen molar-refractivity contribution in [2.24, 2.45) is 11.7 Å². The maximum absolute atomic E-state index is 13.2. The number of nitrogens with two attached hydrogens (primary N) is 1. The van der Waals surface area contributed by atoms with Gasteiger partial charge in [0, 0.05) is 18.7 Å². The van der Waals surface area contributed by atoms with E-state index in [1.165, 1.54) is 12.1 Å². The van der Waals surface area contributed by atoms with Crippen molar-refractivity contribution in [2.75, 3.05) is 19.6 Å². The second kappa shape index (κ2) is 5.48. The molecule has 3 nitrogen and oxygen atoms in total. The number of likely N-dealkylation sites (tertiary alicyclic amines) is 1. The molecule has 4 heteroatoms. The molecule has 1 fully saturated rings. The predicted molar refractivity (Wildman–Crippen MR) is 68.8 cm³/mol. The van der Waals surface area contributed by atoms with Crippen LogP contribution in [0.4, 0.5) is 4.39 Å². The van der Waals surface area contributed by atoms with Gasteiger partial charge in [-0.05, 0) is 49.9 Å². The fourth-order valence-corrected chi connectivity index (χ4v) is 2.44. The number of halogens is 1. The van der Waals surface area contributed by atoms with Crippen LogP contribution in [0.25, 0.3) is 0 Å². The van der Waals surface area contributed by atoms with E-state index in [1.807, 2.05) is 6.92 Å². The summed E-state index contributed by atoms with van der Waals surface area (Å²) < 4.78 is 13.2. The first-order valence-electron chi connectivity index (χ1n) is 6.37. The Morgan fingerprint density at radius 3 is 3.06 bits per heavy atom. The summed E-state index contributed by atoms with van der Waals surface area (Å²) >= 11 is 0. The smallest absolute Gasteiger partial charge is 0.254 e. The number of hydrogen-bond donors (Lipinski definition) is 1. The van der Waals surface area contributed by atoms with Crippen LogP contribution in [-0.2, 0) is 0 Å². The van der Waals surface area contributed by atoms with Gasteiger partial charge in [-0.1, -0.05) is 6.07 Å². The number of nitrogens with zero attached hydrogens (tertiary/aromatic N) is 1. The van der Waals surface area contributed by atoms with Crippen LogP contribution in [-0.4, -0.2) is 30.4 Å². The van der Waals surface area contributed by atoms with Crippen molar-refractivity contribution in [3.8, 4) is 0 Å². The zero-order chi connectivity index (χ0) is 13.1. The van der Waals surface area contributed by atoms with Gasteiger partial charge in [-0.3, -0.25) is 4.79 Å². The second-order valence-electron chi connectivity index (χ2n) is 4.95. The van der Waals surface area contributed by atoms with Gasteiger partial charge >= 0.3 is 0 Å². The summed E-state index contributed by atoms with van der Waals surface area (Å²) in [6, 6.07) is 4.35. The van der Waals surface area contributed by atoms with Crippen molar-refractivity contribution in [1.82, 2.24) is 4.90 Å². The Morgan fingerprint density at radius 1 is 1.56 bits per heavy atom. The zero-order valence-corrected chi connectivity index (χ0v) is 10.7. The largest absolute Gasteiger partial charge is 0.338 e. The lowest BCUT2D eigenvalue weighted by Gasteiger charge is -2.32. The van der Waals surface area contributed by atoms with Crippen LogP contribution in [0, 0.1) is 18.7 Å². The van der Waals surface area contributed by atoms with Crippen LogP contribution >= 0.6 is 0 Å². The van der Waals surface area contributed by atoms with Crippen molar-refractivity contribution < 1.29 is 9.18 Å². The van der Waals surface area contributed by atoms with E-state index in [2.05, 4.69) is 0 Å². The molecule has 1 aliphatic rings. The summed E-state index contributed by atoms with van der Waals surface area (Å²) in [5.74, 6) is -0.0713. The molecule has 0 saturated carbocycles. The van der Waals surface area contributed by atoms with Crippen molar-refractivity contribution >= 4 is 5.91 Å². The lowest BCUT2D eigenvalue weighted by Crippen LogP contribution is -2.42. The van der Waals surface area contributed by atoms with E-state index in [-0.39, 0.29) is 11.7 Å². The maximum atomic E-state index is 13.2. The first-order chi connectivity index (χ1) is 8.61. The highest BCUT2D eigenvalue weighted by Crippen LogP contribution is 2.19. The lowest BCUT2D eigenvalue weighted by atomic mass is 9.97. The lowest BCUT2D eigenvalue weighted by molar-refractivity contribution is 0.0677. The first-order valence-corrected chi connectivity index (χ1v) is 6.37. The van der Waals surface area contributed by atoms with Crippen molar-refractivity contribution in [1.29, 1.82) is 0 Å². The fourth-order valence-electron chi connectivity index (χ4n) is 2.44. The molecule has 1 aromatic rings. The Labute approximate surface area is 107 Å². The van der Waals surface area contributed by atoms with Crippen LogP contribution in [0.1, 0.15) is 28.8 Å². The van der Waals surface area contributed by atoms with Crippen LogP contribution < -0.4 is 5.73 Å². The predicted octanol–water partition coefficient (Wildman–Crippen LogP) is 1.95. The van der Waals surface area contributed by atoms with Gasteiger partial charge in [-0.15, -0.1) is 0 Å². The molecule has 1 unspecified atom stereocenters. The van der Waals surface area contributed by atoms with E-state index >= 15 is 0 Å². The average Bonchev–Trinajstić information content (AvgIpc) is 2.41. The van der Waals surface area contributed by atoms with Crippen molar-refractivity contribution in [3.05, 3.63) is 35.1 Å². The number of amides is 1. The van der Waals surface area contributed by atoms with E-state index in [9.17, 15) is 9.18 Å². The molecule has 18 heavy (non-hydrogen) atoms. The monoisotopic (exact) mass is 250 g/mol. The molecule has 0 radical (unpaired) electrons. The normalized spacial score (nSPS) is 19.9. The van der Waals surface area contributed by atoms with E-state index in [0.717, 1.165) is 24.9 Å². The second-order valence-corrected chi connectivity index (χ2v) is 4.95. The van der Waals surface area contributed by atoms with Gasteiger partial charge in [-0.2, -0.15) is 0 Å². The number of aryl methyl sites for hydroxylation is 1. The van der Waals surface area contributed by atoms with Gasteiger partial charge < -0.3 is 10.6 Å². The quantitative estimate of drug-likeness (QED) is 0.872. The van der Waals surface area contributed by atoms with E-state index in [4.69, 9.17) is 5.73 Å². The minimum absolute atomic E-state index is 0.0786. The zero-order valence-electron chi connectivity index (χ0n) is 10.7. The third-order valence-electron chi connectivity index (χ3n) is 3.57. The fraction of sp³-hybridized carbons (Fsp3) is 0.500. The van der Waals surface area contributed by atoms with Crippen LogP contribution in [0.3, 0.4) is 0 Å². The molecule has 2 rings (SSSR count). The Morgan fingerprint density at radius 2 is 2.33 bits per heavy atom. The summed E-state index contributed by atoms with van der Waals surface area (Å²) in [5, 5.41) is 0. The maximum Gasteiger partial charge on any atom is 0.254 e. The van der Waals surface area contributed by atoms with Gasteiger partial charge in [-0.25, -0.2) is 4.39 Å². The van der Waals surface area contributed by atoms with Crippen molar-refractivity contribution in [2.45, 2.75) is 19.8 Å². The van der Waals surface area contributed by atoms with Crippen molar-refractivity contribution in [3.63, 3.8) is 0 Å². The molecule has 1 aliphatic heterocycles. The van der Waals surface area contributed by atoms with Gasteiger partial charge in [0.1, 0.15) is 5.82 Å². The third-order valence-corrected chi connectivity index (χ3v) is 3.57. The van der Waals surface area contributed by atoms with E-state index in [0.29, 0.717) is 24.6 Å². The molecule has 0 aliphatic carbocycles. The highest BCUT2D eigenvalue weighted by molar-refractivity contribution is 5.95. The summed E-state index contributed by atoms with van der Waals surface area (Å²) in [4.78, 5) is 14.1. The Bertz CT molecular complexity index is 447. The first kappa shape index (κ1) is 13.0. The highest BCUT2D eigenvalue weighted by atomic mass is 19.1. The molecule has 98 valence electrons. The molecule has 1 atom stereocenters. The summed E-state index contributed by atoms with van der Waals surface area (Å²) in [6.07, 6.45) is 2.05. The molecule has 0 aromatic heterocycles. The van der Waals surface area contributed by atoms with E-state index in [1.54, 1.807) is 11.0 Å². The summed E-state index contributed by atoms with van der Waals surface area (Å²) in [5.41, 5.74) is 6.94. The number of carbonyl (C=O) groups excluding carboxylic acids is 1. The van der Waals surface area contributed by atoms with Crippen LogP contribution in [0.2, 0.25) is 0 Å². The van der Waals surface area contributed by atoms with E-state index < -0.39 is 0 Å². The molecule has 1 heterocycles. The Balaban J connectivity index is 2.17. The highest BCUT2D eigenvalue weighted by Gasteiger charge is 2.24. The third kappa shape index (κ3) is 2.70. The molecular weight excluding hydrogens is 231 g/mol. The molecule has 1 saturated heterocycles. The number of benzene rings is 1. The number of carbonyl (C=O) groups is 1. The number of rotatable bonds is 2. The van der Waals surface area contributed by atoms with Gasteiger partial charge in [0.2, 0.25) is 0 Å². The molecule has 1 aromatic carbocycles. The molecule has 1 amide bonds. The summed E-state index contributed by atoms with van der Waals surface area (Å²) in [6.45, 7) is 3.86. The average molecular weight is 250 g/mol. The Hall–Kier alpha value is -1.42. The number of piperidine rings is 1. The number of hydrogen-bond acceptors (Lipinski definition) is 2. The molecule has 0 bridgehead atoms. The van der Waals surface area contributed by atoms with Crippen LogP contribution in [0.5, 0.6) is 0 Å². The summed E-state index contributed by atoms with van der Waals surface area (Å²) in [7, 11) is 0. The SMILES string of the molecule is Cc1ccc(F)cc1C(=O)N1CCCC(CN)C1. The minimum Gasteiger partial charge on any atom is -0.338 e. The topological polar surface area (TPSA) is 46.3 Å². The Kier molecular flexibility index (Phi) is 3.97. The van der Waals surface area contributed by atoms with Gasteiger partial charge in [0.05, 0.1) is 0 Å².